The van der Waals surface area contributed by atoms with Gasteiger partial charge in [0, 0.05) is 0 Å². The van der Waals surface area contributed by atoms with Gasteiger partial charge in [-0.2, -0.15) is 26.3 Å². The number of ether oxygens (including phenoxy) is 3. The van der Waals surface area contributed by atoms with Crippen molar-refractivity contribution in [1.29, 1.82) is 0 Å². The van der Waals surface area contributed by atoms with Gasteiger partial charge in [0.2, 0.25) is 0 Å². The van der Waals surface area contributed by atoms with Gasteiger partial charge in [0.05, 0.1) is 13.0 Å². The highest BCUT2D eigenvalue weighted by atomic mass is 19.4. The molecule has 0 aliphatic heterocycles. The van der Waals surface area contributed by atoms with Crippen molar-refractivity contribution >= 4 is 17.9 Å². The van der Waals surface area contributed by atoms with Gasteiger partial charge in [-0.15, -0.1) is 0 Å². The molecular formula is C16H22F6O6. The zero-order valence-electron chi connectivity index (χ0n) is 15.2. The van der Waals surface area contributed by atoms with Gasteiger partial charge in [-0.1, -0.05) is 39.0 Å². The van der Waals surface area contributed by atoms with E-state index >= 15 is 0 Å². The molecule has 0 fully saturated rings. The maximum absolute atomic E-state index is 12.2. The molecule has 0 heterocycles. The predicted octanol–water partition coefficient (Wildman–Crippen LogP) is 3.86. The highest BCUT2D eigenvalue weighted by Crippen LogP contribution is 2.20. The number of halogens is 6. The quantitative estimate of drug-likeness (QED) is 0.205. The van der Waals surface area contributed by atoms with Crippen LogP contribution < -0.4 is 0 Å². The SMILES string of the molecule is CCCCCCCCOC(=O)CC(COC(=O)C(F)(F)F)OC(=O)C(F)(F)F. The Morgan fingerprint density at radius 2 is 1.32 bits per heavy atom. The summed E-state index contributed by atoms with van der Waals surface area (Å²) in [5.74, 6) is -6.53. The Labute approximate surface area is 157 Å². The highest BCUT2D eigenvalue weighted by molar-refractivity contribution is 5.77. The Kier molecular flexibility index (Phi) is 11.6. The standard InChI is InChI=1S/C16H22F6O6/c1-2-3-4-5-6-7-8-26-12(23)9-11(28-14(25)16(20,21)22)10-27-13(24)15(17,18)19/h11H,2-10H2,1H3. The number of unbranched alkanes of at least 4 members (excludes halogenated alkanes) is 5. The molecule has 0 aliphatic rings. The predicted molar refractivity (Wildman–Crippen MR) is 81.9 cm³/mol. The Bertz CT molecular complexity index is 503. The van der Waals surface area contributed by atoms with Crippen molar-refractivity contribution in [2.75, 3.05) is 13.2 Å². The zero-order chi connectivity index (χ0) is 21.8. The Morgan fingerprint density at radius 3 is 1.86 bits per heavy atom. The lowest BCUT2D eigenvalue weighted by Crippen LogP contribution is -2.36. The van der Waals surface area contributed by atoms with Gasteiger partial charge in [0.1, 0.15) is 12.7 Å². The van der Waals surface area contributed by atoms with Crippen molar-refractivity contribution in [2.45, 2.75) is 70.3 Å². The summed E-state index contributed by atoms with van der Waals surface area (Å²) < 4.78 is 85.3. The van der Waals surface area contributed by atoms with Crippen LogP contribution >= 0.6 is 0 Å². The molecule has 12 heteroatoms. The summed E-state index contributed by atoms with van der Waals surface area (Å²) in [5, 5.41) is 0. The van der Waals surface area contributed by atoms with Crippen molar-refractivity contribution in [2.24, 2.45) is 0 Å². The van der Waals surface area contributed by atoms with E-state index < -0.39 is 49.4 Å². The largest absolute Gasteiger partial charge is 0.490 e. The van der Waals surface area contributed by atoms with Crippen LogP contribution in [0.1, 0.15) is 51.9 Å². The molecule has 164 valence electrons. The Hall–Kier alpha value is -2.01. The van der Waals surface area contributed by atoms with E-state index in [1.807, 2.05) is 6.92 Å². The van der Waals surface area contributed by atoms with E-state index in [0.717, 1.165) is 32.1 Å². The average molecular weight is 424 g/mol. The summed E-state index contributed by atoms with van der Waals surface area (Å²) >= 11 is 0. The van der Waals surface area contributed by atoms with Crippen molar-refractivity contribution in [3.8, 4) is 0 Å². The molecule has 1 atom stereocenters. The third-order valence-electron chi connectivity index (χ3n) is 3.29. The maximum Gasteiger partial charge on any atom is 0.490 e. The van der Waals surface area contributed by atoms with Crippen LogP contribution in [0.25, 0.3) is 0 Å². The molecule has 0 saturated heterocycles. The van der Waals surface area contributed by atoms with Crippen LogP contribution in [0, 0.1) is 0 Å². The number of carbonyl (C=O) groups excluding carboxylic acids is 3. The van der Waals surface area contributed by atoms with Crippen LogP contribution in [0.15, 0.2) is 0 Å². The summed E-state index contributed by atoms with van der Waals surface area (Å²) in [6.07, 6.45) is -8.63. The van der Waals surface area contributed by atoms with Gasteiger partial charge in [-0.25, -0.2) is 9.59 Å². The molecule has 0 radical (unpaired) electrons. The van der Waals surface area contributed by atoms with Gasteiger partial charge in [0.25, 0.3) is 0 Å². The van der Waals surface area contributed by atoms with Crippen LogP contribution in [0.2, 0.25) is 0 Å². The molecule has 0 saturated carbocycles. The van der Waals surface area contributed by atoms with Crippen molar-refractivity contribution in [3.63, 3.8) is 0 Å². The van der Waals surface area contributed by atoms with Crippen LogP contribution in [0.3, 0.4) is 0 Å². The molecule has 0 aliphatic carbocycles. The normalized spacial score (nSPS) is 13.0. The molecule has 0 aromatic heterocycles. The van der Waals surface area contributed by atoms with E-state index in [1.54, 1.807) is 0 Å². The third kappa shape index (κ3) is 12.4. The Morgan fingerprint density at radius 1 is 0.786 bits per heavy atom. The van der Waals surface area contributed by atoms with Gasteiger partial charge >= 0.3 is 30.3 Å². The Balaban J connectivity index is 4.51. The molecule has 1 unspecified atom stereocenters. The fourth-order valence-electron chi connectivity index (χ4n) is 1.92. The summed E-state index contributed by atoms with van der Waals surface area (Å²) in [5.41, 5.74) is 0. The molecule has 0 rings (SSSR count). The molecule has 0 spiro atoms. The van der Waals surface area contributed by atoms with Crippen molar-refractivity contribution in [3.05, 3.63) is 0 Å². The van der Waals surface area contributed by atoms with Gasteiger partial charge in [-0.3, -0.25) is 4.79 Å². The van der Waals surface area contributed by atoms with E-state index in [-0.39, 0.29) is 6.61 Å². The zero-order valence-corrected chi connectivity index (χ0v) is 15.2. The minimum Gasteiger partial charge on any atom is -0.466 e. The summed E-state index contributed by atoms with van der Waals surface area (Å²) in [6, 6.07) is 0. The highest BCUT2D eigenvalue weighted by Gasteiger charge is 2.44. The van der Waals surface area contributed by atoms with Gasteiger partial charge in [0.15, 0.2) is 0 Å². The molecule has 0 amide bonds. The summed E-state index contributed by atoms with van der Waals surface area (Å²) in [7, 11) is 0. The minimum atomic E-state index is -5.44. The lowest BCUT2D eigenvalue weighted by Gasteiger charge is -2.18. The average Bonchev–Trinajstić information content (AvgIpc) is 2.56. The first-order valence-corrected chi connectivity index (χ1v) is 8.55. The van der Waals surface area contributed by atoms with Crippen LogP contribution in [-0.4, -0.2) is 49.6 Å². The first kappa shape index (κ1) is 26.0. The fraction of sp³-hybridized carbons (Fsp3) is 0.812. The maximum atomic E-state index is 12.2. The number of alkyl halides is 6. The number of esters is 3. The summed E-state index contributed by atoms with van der Waals surface area (Å²) in [4.78, 5) is 33.1. The first-order chi connectivity index (χ1) is 12.9. The smallest absolute Gasteiger partial charge is 0.466 e. The topological polar surface area (TPSA) is 78.9 Å². The fourth-order valence-corrected chi connectivity index (χ4v) is 1.92. The number of rotatable bonds is 12. The van der Waals surface area contributed by atoms with Crippen LogP contribution in [-0.2, 0) is 28.6 Å². The molecule has 0 N–H and O–H groups in total. The van der Waals surface area contributed by atoms with Crippen molar-refractivity contribution < 1.29 is 54.9 Å². The number of hydrogen-bond acceptors (Lipinski definition) is 6. The second kappa shape index (κ2) is 12.4. The molecular weight excluding hydrogens is 402 g/mol. The van der Waals surface area contributed by atoms with E-state index in [1.165, 1.54) is 0 Å². The molecule has 6 nitrogen and oxygen atoms in total. The number of hydrogen-bond donors (Lipinski definition) is 0. The van der Waals surface area contributed by atoms with Crippen LogP contribution in [0.4, 0.5) is 26.3 Å². The van der Waals surface area contributed by atoms with Gasteiger partial charge in [-0.05, 0) is 6.42 Å². The second-order valence-electron chi connectivity index (χ2n) is 5.81. The molecule has 0 aromatic rings. The number of carbonyl (C=O) groups is 3. The van der Waals surface area contributed by atoms with Crippen LogP contribution in [0.5, 0.6) is 0 Å². The lowest BCUT2D eigenvalue weighted by molar-refractivity contribution is -0.214. The van der Waals surface area contributed by atoms with E-state index in [0.29, 0.717) is 6.42 Å². The molecule has 28 heavy (non-hydrogen) atoms. The lowest BCUT2D eigenvalue weighted by atomic mass is 10.1. The second-order valence-corrected chi connectivity index (χ2v) is 5.81. The van der Waals surface area contributed by atoms with E-state index in [2.05, 4.69) is 9.47 Å². The molecule has 0 aromatic carbocycles. The monoisotopic (exact) mass is 424 g/mol. The minimum absolute atomic E-state index is 0.0484. The summed E-state index contributed by atoms with van der Waals surface area (Å²) in [6.45, 7) is 0.606. The molecule has 0 bridgehead atoms. The van der Waals surface area contributed by atoms with E-state index in [4.69, 9.17) is 4.74 Å². The van der Waals surface area contributed by atoms with E-state index in [9.17, 15) is 40.7 Å². The first-order valence-electron chi connectivity index (χ1n) is 8.55. The third-order valence-corrected chi connectivity index (χ3v) is 3.29. The van der Waals surface area contributed by atoms with Gasteiger partial charge < -0.3 is 14.2 Å². The van der Waals surface area contributed by atoms with Crippen molar-refractivity contribution in [1.82, 2.24) is 0 Å².